The summed E-state index contributed by atoms with van der Waals surface area (Å²) in [7, 11) is 0. The summed E-state index contributed by atoms with van der Waals surface area (Å²) in [5, 5.41) is 7.38. The molecule has 0 aromatic carbocycles. The average Bonchev–Trinajstić information content (AvgIpc) is 2.73. The molecule has 0 radical (unpaired) electrons. The van der Waals surface area contributed by atoms with Crippen LogP contribution in [0.4, 0.5) is 0 Å². The molecule has 1 N–H and O–H groups in total. The zero-order chi connectivity index (χ0) is 11.4. The fourth-order valence-corrected chi connectivity index (χ4v) is 2.34. The zero-order valence-electron chi connectivity index (χ0n) is 10.2. The lowest BCUT2D eigenvalue weighted by Crippen LogP contribution is -2.45. The van der Waals surface area contributed by atoms with Crippen LogP contribution in [-0.2, 0) is 6.54 Å². The lowest BCUT2D eigenvalue weighted by Gasteiger charge is -2.33. The van der Waals surface area contributed by atoms with Gasteiger partial charge in [0, 0.05) is 18.7 Å². The molecule has 90 valence electrons. The molecular weight excluding hydrogens is 202 g/mol. The highest BCUT2D eigenvalue weighted by Crippen LogP contribution is 2.14. The number of aromatic nitrogens is 1. The van der Waals surface area contributed by atoms with E-state index in [9.17, 15) is 0 Å². The smallest absolute Gasteiger partial charge is 0.150 e. The van der Waals surface area contributed by atoms with Crippen LogP contribution in [0.25, 0.3) is 0 Å². The normalized spacial score (nSPS) is 21.6. The van der Waals surface area contributed by atoms with Gasteiger partial charge in [0.25, 0.3) is 0 Å². The minimum Gasteiger partial charge on any atom is -0.360 e. The molecule has 1 aliphatic heterocycles. The molecule has 2 heterocycles. The van der Waals surface area contributed by atoms with Gasteiger partial charge in [0.15, 0.2) is 5.76 Å². The molecule has 4 heteroatoms. The van der Waals surface area contributed by atoms with E-state index in [0.29, 0.717) is 6.04 Å². The highest BCUT2D eigenvalue weighted by Gasteiger charge is 2.20. The van der Waals surface area contributed by atoms with Crippen LogP contribution in [0.2, 0.25) is 0 Å². The first-order valence-electron chi connectivity index (χ1n) is 6.16. The van der Waals surface area contributed by atoms with Crippen molar-refractivity contribution in [2.75, 3.05) is 19.6 Å². The number of hydrogen-bond acceptors (Lipinski definition) is 4. The van der Waals surface area contributed by atoms with E-state index in [0.717, 1.165) is 37.6 Å². The molecule has 0 aliphatic carbocycles. The Morgan fingerprint density at radius 3 is 3.06 bits per heavy atom. The van der Waals surface area contributed by atoms with Crippen molar-refractivity contribution >= 4 is 0 Å². The van der Waals surface area contributed by atoms with Gasteiger partial charge in [0.1, 0.15) is 0 Å². The molecule has 1 fully saturated rings. The van der Waals surface area contributed by atoms with Crippen molar-refractivity contribution in [1.29, 1.82) is 0 Å². The van der Waals surface area contributed by atoms with Crippen LogP contribution in [0, 0.1) is 6.92 Å². The molecule has 16 heavy (non-hydrogen) atoms. The summed E-state index contributed by atoms with van der Waals surface area (Å²) >= 11 is 0. The monoisotopic (exact) mass is 223 g/mol. The Bertz CT molecular complexity index is 318. The fraction of sp³-hybridized carbons (Fsp3) is 0.750. The first-order chi connectivity index (χ1) is 7.79. The van der Waals surface area contributed by atoms with E-state index in [1.807, 2.05) is 13.0 Å². The van der Waals surface area contributed by atoms with Gasteiger partial charge in [-0.1, -0.05) is 12.1 Å². The van der Waals surface area contributed by atoms with E-state index in [2.05, 4.69) is 22.3 Å². The van der Waals surface area contributed by atoms with E-state index < -0.39 is 0 Å². The molecular formula is C12H21N3O. The number of hydrogen-bond donors (Lipinski definition) is 1. The van der Waals surface area contributed by atoms with Crippen LogP contribution in [-0.4, -0.2) is 35.7 Å². The van der Waals surface area contributed by atoms with Crippen LogP contribution >= 0.6 is 0 Å². The third-order valence-electron chi connectivity index (χ3n) is 3.23. The lowest BCUT2D eigenvalue weighted by atomic mass is 10.1. The molecule has 0 saturated carbocycles. The molecule has 0 spiro atoms. The molecule has 1 aromatic heterocycles. The van der Waals surface area contributed by atoms with Gasteiger partial charge in [-0.05, 0) is 32.9 Å². The van der Waals surface area contributed by atoms with Crippen LogP contribution in [0.5, 0.6) is 0 Å². The summed E-state index contributed by atoms with van der Waals surface area (Å²) in [6.07, 6.45) is 2.56. The lowest BCUT2D eigenvalue weighted by molar-refractivity contribution is 0.150. The second kappa shape index (κ2) is 5.46. The first-order valence-corrected chi connectivity index (χ1v) is 6.16. The van der Waals surface area contributed by atoms with Crippen molar-refractivity contribution in [3.63, 3.8) is 0 Å². The summed E-state index contributed by atoms with van der Waals surface area (Å²) in [6, 6.07) is 2.67. The van der Waals surface area contributed by atoms with Gasteiger partial charge in [-0.3, -0.25) is 4.90 Å². The second-order valence-corrected chi connectivity index (χ2v) is 4.50. The maximum absolute atomic E-state index is 5.28. The molecule has 1 aromatic rings. The highest BCUT2D eigenvalue weighted by molar-refractivity contribution is 5.03. The third kappa shape index (κ3) is 2.83. The molecule has 0 bridgehead atoms. The van der Waals surface area contributed by atoms with Crippen molar-refractivity contribution in [3.8, 4) is 0 Å². The average molecular weight is 223 g/mol. The maximum Gasteiger partial charge on any atom is 0.150 e. The Balaban J connectivity index is 1.94. The van der Waals surface area contributed by atoms with Crippen LogP contribution in [0.3, 0.4) is 0 Å². The third-order valence-corrected chi connectivity index (χ3v) is 3.23. The van der Waals surface area contributed by atoms with E-state index >= 15 is 0 Å². The van der Waals surface area contributed by atoms with Gasteiger partial charge in [-0.25, -0.2) is 0 Å². The van der Waals surface area contributed by atoms with Crippen LogP contribution in [0.1, 0.15) is 31.2 Å². The standard InChI is InChI=1S/C12H21N3O/c1-3-15(11-5-4-6-13-8-11)9-12-7-10(2)14-16-12/h7,11,13H,3-6,8-9H2,1-2H3. The Labute approximate surface area is 97.0 Å². The van der Waals surface area contributed by atoms with Crippen molar-refractivity contribution in [1.82, 2.24) is 15.4 Å². The van der Waals surface area contributed by atoms with Crippen molar-refractivity contribution in [3.05, 3.63) is 17.5 Å². The highest BCUT2D eigenvalue weighted by atomic mass is 16.5. The number of nitrogens with zero attached hydrogens (tertiary/aromatic N) is 2. The van der Waals surface area contributed by atoms with E-state index in [4.69, 9.17) is 4.52 Å². The summed E-state index contributed by atoms with van der Waals surface area (Å²) < 4.78 is 5.28. The summed E-state index contributed by atoms with van der Waals surface area (Å²) in [4.78, 5) is 2.46. The Morgan fingerprint density at radius 1 is 1.62 bits per heavy atom. The second-order valence-electron chi connectivity index (χ2n) is 4.50. The van der Waals surface area contributed by atoms with E-state index in [1.165, 1.54) is 12.8 Å². The summed E-state index contributed by atoms with van der Waals surface area (Å²) in [5.74, 6) is 0.977. The van der Waals surface area contributed by atoms with Crippen molar-refractivity contribution < 1.29 is 4.52 Å². The predicted molar refractivity (Wildman–Crippen MR) is 63.2 cm³/mol. The SMILES string of the molecule is CCN(Cc1cc(C)no1)C1CCCNC1. The fourth-order valence-electron chi connectivity index (χ4n) is 2.34. The van der Waals surface area contributed by atoms with Gasteiger partial charge in [0.05, 0.1) is 12.2 Å². The molecule has 1 aliphatic rings. The molecule has 1 saturated heterocycles. The molecule has 2 rings (SSSR count). The Hall–Kier alpha value is -0.870. The maximum atomic E-state index is 5.28. The van der Waals surface area contributed by atoms with E-state index in [1.54, 1.807) is 0 Å². The van der Waals surface area contributed by atoms with Crippen LogP contribution in [0.15, 0.2) is 10.6 Å². The minimum absolute atomic E-state index is 0.643. The van der Waals surface area contributed by atoms with Gasteiger partial charge >= 0.3 is 0 Å². The summed E-state index contributed by atoms with van der Waals surface area (Å²) in [5.41, 5.74) is 0.966. The molecule has 0 amide bonds. The molecule has 1 unspecified atom stereocenters. The largest absolute Gasteiger partial charge is 0.360 e. The number of likely N-dealkylation sites (N-methyl/N-ethyl adjacent to an activating group) is 1. The van der Waals surface area contributed by atoms with Crippen molar-refractivity contribution in [2.24, 2.45) is 0 Å². The molecule has 4 nitrogen and oxygen atoms in total. The minimum atomic E-state index is 0.643. The Morgan fingerprint density at radius 2 is 2.50 bits per heavy atom. The number of nitrogens with one attached hydrogen (secondary N) is 1. The topological polar surface area (TPSA) is 41.3 Å². The van der Waals surface area contributed by atoms with Gasteiger partial charge < -0.3 is 9.84 Å². The van der Waals surface area contributed by atoms with Gasteiger partial charge in [-0.15, -0.1) is 0 Å². The molecule has 1 atom stereocenters. The quantitative estimate of drug-likeness (QED) is 0.841. The number of piperidine rings is 1. The zero-order valence-corrected chi connectivity index (χ0v) is 10.2. The summed E-state index contributed by atoms with van der Waals surface area (Å²) in [6.45, 7) is 8.37. The number of rotatable bonds is 4. The van der Waals surface area contributed by atoms with Crippen LogP contribution < -0.4 is 5.32 Å². The number of aryl methyl sites for hydroxylation is 1. The first kappa shape index (κ1) is 11.6. The van der Waals surface area contributed by atoms with Gasteiger partial charge in [0.2, 0.25) is 0 Å². The predicted octanol–water partition coefficient (Wildman–Crippen LogP) is 1.56. The van der Waals surface area contributed by atoms with Crippen molar-refractivity contribution in [2.45, 2.75) is 39.3 Å². The Kier molecular flexibility index (Phi) is 3.96. The van der Waals surface area contributed by atoms with Gasteiger partial charge in [-0.2, -0.15) is 0 Å². The van der Waals surface area contributed by atoms with E-state index in [-0.39, 0.29) is 0 Å².